The zero-order valence-electron chi connectivity index (χ0n) is 9.27. The molecule has 0 heterocycles. The highest BCUT2D eigenvalue weighted by molar-refractivity contribution is 5.96. The Bertz CT molecular complexity index is 562. The molecule has 0 unspecified atom stereocenters. The molecule has 0 fully saturated rings. The van der Waals surface area contributed by atoms with Crippen LogP contribution in [-0.2, 0) is 0 Å². The Balaban J connectivity index is 2.68. The van der Waals surface area contributed by atoms with Crippen molar-refractivity contribution in [2.24, 2.45) is 0 Å². The Hall–Kier alpha value is -2.16. The highest BCUT2D eigenvalue weighted by Gasteiger charge is 2.14. The molecule has 0 aromatic heterocycles. The summed E-state index contributed by atoms with van der Waals surface area (Å²) in [5.41, 5.74) is 1.73. The number of aryl methyl sites for hydroxylation is 1. The SMILES string of the molecule is Cc1cc(-c2ccccc2)c(C(=O)O)cc1F. The fraction of sp³-hybridized carbons (Fsp3) is 0.0714. The number of carbonyl (C=O) groups is 1. The van der Waals surface area contributed by atoms with E-state index in [4.69, 9.17) is 5.11 Å². The molecule has 0 aliphatic carbocycles. The van der Waals surface area contributed by atoms with E-state index in [1.54, 1.807) is 25.1 Å². The zero-order valence-corrected chi connectivity index (χ0v) is 9.27. The third-order valence-electron chi connectivity index (χ3n) is 2.61. The molecule has 0 aliphatic heterocycles. The fourth-order valence-corrected chi connectivity index (χ4v) is 1.71. The van der Waals surface area contributed by atoms with Gasteiger partial charge >= 0.3 is 5.97 Å². The van der Waals surface area contributed by atoms with E-state index >= 15 is 0 Å². The second-order valence-corrected chi connectivity index (χ2v) is 3.82. The van der Waals surface area contributed by atoms with Crippen molar-refractivity contribution in [2.45, 2.75) is 6.92 Å². The molecule has 0 bridgehead atoms. The minimum atomic E-state index is -1.12. The first-order valence-corrected chi connectivity index (χ1v) is 5.18. The van der Waals surface area contributed by atoms with Gasteiger partial charge in [0, 0.05) is 0 Å². The van der Waals surface area contributed by atoms with Gasteiger partial charge in [0.2, 0.25) is 0 Å². The van der Waals surface area contributed by atoms with Crippen LogP contribution in [0.25, 0.3) is 11.1 Å². The van der Waals surface area contributed by atoms with Crippen LogP contribution in [0.5, 0.6) is 0 Å². The number of carboxylic acids is 1. The van der Waals surface area contributed by atoms with Crippen molar-refractivity contribution < 1.29 is 14.3 Å². The molecule has 0 saturated carbocycles. The molecule has 2 aromatic rings. The Morgan fingerprint density at radius 2 is 1.82 bits per heavy atom. The molecule has 0 aliphatic rings. The van der Waals surface area contributed by atoms with Gasteiger partial charge in [0.25, 0.3) is 0 Å². The maximum absolute atomic E-state index is 13.4. The second-order valence-electron chi connectivity index (χ2n) is 3.82. The summed E-state index contributed by atoms with van der Waals surface area (Å²) in [6.07, 6.45) is 0. The van der Waals surface area contributed by atoms with Gasteiger partial charge in [0.05, 0.1) is 5.56 Å². The molecule has 1 N–H and O–H groups in total. The highest BCUT2D eigenvalue weighted by atomic mass is 19.1. The minimum absolute atomic E-state index is 0.0145. The van der Waals surface area contributed by atoms with Gasteiger partial charge in [0.1, 0.15) is 5.82 Å². The van der Waals surface area contributed by atoms with E-state index in [1.807, 2.05) is 18.2 Å². The first kappa shape index (κ1) is 11.3. The molecule has 0 radical (unpaired) electrons. The Morgan fingerprint density at radius 3 is 2.41 bits per heavy atom. The van der Waals surface area contributed by atoms with Crippen molar-refractivity contribution in [1.29, 1.82) is 0 Å². The van der Waals surface area contributed by atoms with Gasteiger partial charge in [-0.2, -0.15) is 0 Å². The van der Waals surface area contributed by atoms with E-state index in [1.165, 1.54) is 0 Å². The Kier molecular flexibility index (Phi) is 2.91. The topological polar surface area (TPSA) is 37.3 Å². The van der Waals surface area contributed by atoms with Crippen LogP contribution >= 0.6 is 0 Å². The van der Waals surface area contributed by atoms with Crippen LogP contribution in [-0.4, -0.2) is 11.1 Å². The maximum Gasteiger partial charge on any atom is 0.336 e. The first-order valence-electron chi connectivity index (χ1n) is 5.18. The molecule has 2 aromatic carbocycles. The van der Waals surface area contributed by atoms with Crippen molar-refractivity contribution in [2.75, 3.05) is 0 Å². The van der Waals surface area contributed by atoms with Gasteiger partial charge in [-0.25, -0.2) is 9.18 Å². The molecule has 0 spiro atoms. The van der Waals surface area contributed by atoms with Gasteiger partial charge < -0.3 is 5.11 Å². The van der Waals surface area contributed by atoms with Crippen LogP contribution < -0.4 is 0 Å². The number of aromatic carboxylic acids is 1. The third-order valence-corrected chi connectivity index (χ3v) is 2.61. The quantitative estimate of drug-likeness (QED) is 0.857. The molecule has 17 heavy (non-hydrogen) atoms. The van der Waals surface area contributed by atoms with Crippen LogP contribution in [0.2, 0.25) is 0 Å². The lowest BCUT2D eigenvalue weighted by molar-refractivity contribution is 0.0697. The summed E-state index contributed by atoms with van der Waals surface area (Å²) in [5.74, 6) is -1.62. The van der Waals surface area contributed by atoms with Gasteiger partial charge in [-0.3, -0.25) is 0 Å². The standard InChI is InChI=1S/C14H11FO2/c1-9-7-11(10-5-3-2-4-6-10)12(14(16)17)8-13(9)15/h2-8H,1H3,(H,16,17). The van der Waals surface area contributed by atoms with Crippen LogP contribution in [0.15, 0.2) is 42.5 Å². The molecule has 0 amide bonds. The van der Waals surface area contributed by atoms with Crippen LogP contribution in [0, 0.1) is 12.7 Å². The van der Waals surface area contributed by atoms with Crippen LogP contribution in [0.4, 0.5) is 4.39 Å². The van der Waals surface area contributed by atoms with E-state index in [9.17, 15) is 9.18 Å². The predicted molar refractivity (Wildman–Crippen MR) is 63.5 cm³/mol. The zero-order chi connectivity index (χ0) is 12.4. The number of hydrogen-bond acceptors (Lipinski definition) is 1. The van der Waals surface area contributed by atoms with E-state index in [0.29, 0.717) is 11.1 Å². The highest BCUT2D eigenvalue weighted by Crippen LogP contribution is 2.26. The van der Waals surface area contributed by atoms with E-state index < -0.39 is 11.8 Å². The monoisotopic (exact) mass is 230 g/mol. The van der Waals surface area contributed by atoms with E-state index in [-0.39, 0.29) is 5.56 Å². The molecular weight excluding hydrogens is 219 g/mol. The number of halogens is 1. The average Bonchev–Trinajstić information content (AvgIpc) is 2.33. The van der Waals surface area contributed by atoms with Gasteiger partial charge in [-0.1, -0.05) is 30.3 Å². The van der Waals surface area contributed by atoms with Gasteiger partial charge in [-0.15, -0.1) is 0 Å². The first-order chi connectivity index (χ1) is 8.09. The van der Waals surface area contributed by atoms with Gasteiger partial charge in [0.15, 0.2) is 0 Å². The van der Waals surface area contributed by atoms with Crippen molar-refractivity contribution >= 4 is 5.97 Å². The summed E-state index contributed by atoms with van der Waals surface area (Å²) in [7, 11) is 0. The molecule has 3 heteroatoms. The van der Waals surface area contributed by atoms with Crippen molar-refractivity contribution in [1.82, 2.24) is 0 Å². The summed E-state index contributed by atoms with van der Waals surface area (Å²) < 4.78 is 13.4. The number of benzene rings is 2. The summed E-state index contributed by atoms with van der Waals surface area (Å²) in [5, 5.41) is 9.08. The smallest absolute Gasteiger partial charge is 0.336 e. The Labute approximate surface area is 98.3 Å². The molecule has 0 atom stereocenters. The summed E-state index contributed by atoms with van der Waals surface area (Å²) >= 11 is 0. The van der Waals surface area contributed by atoms with Gasteiger partial charge in [-0.05, 0) is 35.7 Å². The molecular formula is C14H11FO2. The maximum atomic E-state index is 13.4. The number of carboxylic acid groups (broad SMARTS) is 1. The van der Waals surface area contributed by atoms with Crippen LogP contribution in [0.1, 0.15) is 15.9 Å². The fourth-order valence-electron chi connectivity index (χ4n) is 1.71. The molecule has 2 rings (SSSR count). The minimum Gasteiger partial charge on any atom is -0.478 e. The number of hydrogen-bond donors (Lipinski definition) is 1. The normalized spacial score (nSPS) is 10.2. The lowest BCUT2D eigenvalue weighted by atomic mass is 9.97. The number of rotatable bonds is 2. The summed E-state index contributed by atoms with van der Waals surface area (Å²) in [4.78, 5) is 11.1. The van der Waals surface area contributed by atoms with Crippen molar-refractivity contribution in [3.8, 4) is 11.1 Å². The lowest BCUT2D eigenvalue weighted by Gasteiger charge is -2.08. The average molecular weight is 230 g/mol. The molecule has 2 nitrogen and oxygen atoms in total. The van der Waals surface area contributed by atoms with Crippen molar-refractivity contribution in [3.63, 3.8) is 0 Å². The van der Waals surface area contributed by atoms with E-state index in [2.05, 4.69) is 0 Å². The lowest BCUT2D eigenvalue weighted by Crippen LogP contribution is -2.01. The summed E-state index contributed by atoms with van der Waals surface area (Å²) in [6.45, 7) is 1.62. The third kappa shape index (κ3) is 2.18. The van der Waals surface area contributed by atoms with E-state index in [0.717, 1.165) is 11.6 Å². The second kappa shape index (κ2) is 4.37. The molecule has 86 valence electrons. The van der Waals surface area contributed by atoms with Crippen LogP contribution in [0.3, 0.4) is 0 Å². The van der Waals surface area contributed by atoms with Crippen molar-refractivity contribution in [3.05, 3.63) is 59.4 Å². The summed E-state index contributed by atoms with van der Waals surface area (Å²) in [6, 6.07) is 11.7. The largest absolute Gasteiger partial charge is 0.478 e. The molecule has 0 saturated heterocycles. The predicted octanol–water partition coefficient (Wildman–Crippen LogP) is 3.50. The Morgan fingerprint density at radius 1 is 1.18 bits per heavy atom.